The van der Waals surface area contributed by atoms with Gasteiger partial charge >= 0.3 is 5.97 Å². The fourth-order valence-electron chi connectivity index (χ4n) is 3.96. The fraction of sp³-hybridized carbons (Fsp3) is 0.154. The van der Waals surface area contributed by atoms with E-state index in [1.807, 2.05) is 67.6 Å². The minimum absolute atomic E-state index is 0.0865. The Bertz CT molecular complexity index is 1380. The summed E-state index contributed by atoms with van der Waals surface area (Å²) in [4.78, 5) is 35.4. The van der Waals surface area contributed by atoms with Crippen molar-refractivity contribution in [1.29, 1.82) is 0 Å². The van der Waals surface area contributed by atoms with Crippen LogP contribution in [0.2, 0.25) is 0 Å². The van der Waals surface area contributed by atoms with E-state index in [4.69, 9.17) is 15.6 Å². The monoisotopic (exact) mass is 456 g/mol. The van der Waals surface area contributed by atoms with Gasteiger partial charge in [0, 0.05) is 12.8 Å². The Morgan fingerprint density at radius 3 is 2.18 bits per heavy atom. The second kappa shape index (κ2) is 9.58. The van der Waals surface area contributed by atoms with E-state index in [0.29, 0.717) is 12.1 Å². The lowest BCUT2D eigenvalue weighted by atomic mass is 10.0. The fourth-order valence-corrected chi connectivity index (χ4v) is 3.96. The summed E-state index contributed by atoms with van der Waals surface area (Å²) < 4.78 is 7.16. The Balaban J connectivity index is 2.01. The third-order valence-corrected chi connectivity index (χ3v) is 5.60. The number of Topliss-reactive ketones (excluding diaryl/α,β-unsaturated/α-hetero) is 1. The van der Waals surface area contributed by atoms with Gasteiger partial charge in [-0.25, -0.2) is 9.31 Å². The Morgan fingerprint density at radius 2 is 1.62 bits per heavy atom. The summed E-state index contributed by atoms with van der Waals surface area (Å²) in [5.41, 5.74) is 10.4. The highest BCUT2D eigenvalue weighted by Gasteiger charge is 2.28. The maximum Gasteiger partial charge on any atom is 0.341 e. The van der Waals surface area contributed by atoms with Crippen molar-refractivity contribution in [3.63, 3.8) is 0 Å². The van der Waals surface area contributed by atoms with Crippen LogP contribution in [-0.4, -0.2) is 39.4 Å². The number of anilines is 1. The standard InChI is InChI=1S/C26H22N3O5/c1-16-20(13-18-10-6-3-7-11-18)29-25(24(16)27)26(34-15-22(32)33)23(21(31)14-30)19(28-29)12-17-8-4-2-5-9-17/h2-11H,12-13,15,27H2,1H3,(H,32,33). The zero-order chi connectivity index (χ0) is 24.2. The molecule has 0 amide bonds. The number of benzene rings is 2. The van der Waals surface area contributed by atoms with Gasteiger partial charge in [-0.2, -0.15) is 5.10 Å². The van der Waals surface area contributed by atoms with Crippen LogP contribution in [0, 0.1) is 6.92 Å². The molecule has 0 unspecified atom stereocenters. The van der Waals surface area contributed by atoms with Gasteiger partial charge in [-0.1, -0.05) is 60.7 Å². The number of carboxylic acid groups (broad SMARTS) is 1. The molecule has 0 aliphatic heterocycles. The average molecular weight is 456 g/mol. The molecule has 0 saturated heterocycles. The van der Waals surface area contributed by atoms with Gasteiger partial charge in [-0.3, -0.25) is 9.59 Å². The number of ether oxygens (including phenoxy) is 1. The van der Waals surface area contributed by atoms with Crippen LogP contribution in [0.5, 0.6) is 5.75 Å². The Hall–Kier alpha value is -4.46. The van der Waals surface area contributed by atoms with Crippen LogP contribution in [0.25, 0.3) is 5.52 Å². The van der Waals surface area contributed by atoms with Crippen molar-refractivity contribution in [3.8, 4) is 5.75 Å². The first-order chi connectivity index (χ1) is 16.4. The number of ketones is 1. The highest BCUT2D eigenvalue weighted by atomic mass is 16.5. The van der Waals surface area contributed by atoms with Crippen molar-refractivity contribution in [2.45, 2.75) is 19.8 Å². The molecule has 0 atom stereocenters. The SMILES string of the molecule is Cc1c(N)c2c(OCC(=O)O)c(C(=O)[C]=O)c(Cc3ccccc3)nn2c1Cc1ccccc1. The second-order valence-corrected chi connectivity index (χ2v) is 7.83. The molecule has 0 saturated carbocycles. The predicted molar refractivity (Wildman–Crippen MR) is 126 cm³/mol. The van der Waals surface area contributed by atoms with Crippen molar-refractivity contribution < 1.29 is 24.2 Å². The van der Waals surface area contributed by atoms with Gasteiger partial charge in [0.25, 0.3) is 6.29 Å². The van der Waals surface area contributed by atoms with Crippen LogP contribution in [0.3, 0.4) is 0 Å². The molecule has 0 spiro atoms. The van der Waals surface area contributed by atoms with Gasteiger partial charge < -0.3 is 15.6 Å². The van der Waals surface area contributed by atoms with Crippen LogP contribution in [0.1, 0.15) is 38.4 Å². The lowest BCUT2D eigenvalue weighted by Crippen LogP contribution is -2.18. The van der Waals surface area contributed by atoms with Gasteiger partial charge in [0.2, 0.25) is 5.78 Å². The highest BCUT2D eigenvalue weighted by Crippen LogP contribution is 2.37. The van der Waals surface area contributed by atoms with E-state index >= 15 is 0 Å². The third-order valence-electron chi connectivity index (χ3n) is 5.60. The molecule has 0 aliphatic rings. The van der Waals surface area contributed by atoms with E-state index in [2.05, 4.69) is 0 Å². The smallest absolute Gasteiger partial charge is 0.341 e. The van der Waals surface area contributed by atoms with Gasteiger partial charge in [0.15, 0.2) is 12.4 Å². The van der Waals surface area contributed by atoms with E-state index in [9.17, 15) is 19.5 Å². The molecule has 2 aromatic heterocycles. The number of fused-ring (bicyclic) bond motifs is 1. The Labute approximate surface area is 195 Å². The van der Waals surface area contributed by atoms with Crippen LogP contribution in [-0.2, 0) is 22.4 Å². The number of hydrogen-bond acceptors (Lipinski definition) is 6. The molecular weight excluding hydrogens is 434 g/mol. The van der Waals surface area contributed by atoms with E-state index in [1.54, 1.807) is 4.52 Å². The minimum Gasteiger partial charge on any atom is -0.479 e. The highest BCUT2D eigenvalue weighted by molar-refractivity contribution is 6.35. The first kappa shape index (κ1) is 22.7. The lowest BCUT2D eigenvalue weighted by Gasteiger charge is -2.15. The molecule has 0 bridgehead atoms. The summed E-state index contributed by atoms with van der Waals surface area (Å²) >= 11 is 0. The lowest BCUT2D eigenvalue weighted by molar-refractivity contribution is -0.139. The third kappa shape index (κ3) is 4.38. The summed E-state index contributed by atoms with van der Waals surface area (Å²) in [6, 6.07) is 19.0. The van der Waals surface area contributed by atoms with Gasteiger partial charge in [-0.15, -0.1) is 0 Å². The van der Waals surface area contributed by atoms with Crippen LogP contribution in [0.4, 0.5) is 5.69 Å². The van der Waals surface area contributed by atoms with Crippen molar-refractivity contribution >= 4 is 29.2 Å². The number of rotatable bonds is 9. The summed E-state index contributed by atoms with van der Waals surface area (Å²) in [5, 5.41) is 13.9. The van der Waals surface area contributed by atoms with E-state index in [0.717, 1.165) is 22.4 Å². The van der Waals surface area contributed by atoms with Crippen LogP contribution >= 0.6 is 0 Å². The topological polar surface area (TPSA) is 124 Å². The van der Waals surface area contributed by atoms with Crippen molar-refractivity contribution in [1.82, 2.24) is 9.61 Å². The first-order valence-corrected chi connectivity index (χ1v) is 10.6. The number of aromatic nitrogens is 2. The first-order valence-electron chi connectivity index (χ1n) is 10.6. The molecule has 1 radical (unpaired) electrons. The number of nitrogen functional groups attached to an aromatic ring is 1. The molecule has 8 nitrogen and oxygen atoms in total. The summed E-state index contributed by atoms with van der Waals surface area (Å²) in [6.45, 7) is 1.11. The molecule has 3 N–H and O–H groups in total. The van der Waals surface area contributed by atoms with E-state index in [-0.39, 0.29) is 28.9 Å². The minimum atomic E-state index is -1.24. The predicted octanol–water partition coefficient (Wildman–Crippen LogP) is 3.16. The van der Waals surface area contributed by atoms with E-state index in [1.165, 1.54) is 6.29 Å². The second-order valence-electron chi connectivity index (χ2n) is 7.83. The summed E-state index contributed by atoms with van der Waals surface area (Å²) in [6.07, 6.45) is 2.08. The molecule has 8 heteroatoms. The van der Waals surface area contributed by atoms with Crippen molar-refractivity contribution in [2.24, 2.45) is 0 Å². The number of nitrogens with zero attached hydrogens (tertiary/aromatic N) is 2. The van der Waals surface area contributed by atoms with Crippen molar-refractivity contribution in [3.05, 3.63) is 94.3 Å². The maximum atomic E-state index is 12.7. The number of carboxylic acids is 1. The van der Waals surface area contributed by atoms with Gasteiger partial charge in [-0.05, 0) is 23.6 Å². The largest absolute Gasteiger partial charge is 0.479 e. The molecule has 34 heavy (non-hydrogen) atoms. The van der Waals surface area contributed by atoms with E-state index < -0.39 is 18.4 Å². The summed E-state index contributed by atoms with van der Waals surface area (Å²) in [5.74, 6) is -2.31. The zero-order valence-corrected chi connectivity index (χ0v) is 18.4. The molecular formula is C26H22N3O5. The molecule has 0 fully saturated rings. The average Bonchev–Trinajstić information content (AvgIpc) is 3.07. The Morgan fingerprint density at radius 1 is 1.03 bits per heavy atom. The molecule has 4 rings (SSSR count). The molecule has 2 aromatic carbocycles. The number of carbonyl (C=O) groups excluding carboxylic acids is 2. The van der Waals surface area contributed by atoms with Crippen LogP contribution in [0.15, 0.2) is 60.7 Å². The molecule has 171 valence electrons. The number of carbonyl (C=O) groups is 2. The normalized spacial score (nSPS) is 10.9. The molecule has 2 heterocycles. The quantitative estimate of drug-likeness (QED) is 0.293. The number of aliphatic carboxylic acids is 1. The molecule has 0 aliphatic carbocycles. The zero-order valence-electron chi connectivity index (χ0n) is 18.4. The molecule has 4 aromatic rings. The van der Waals surface area contributed by atoms with Gasteiger partial charge in [0.1, 0.15) is 5.52 Å². The number of hydrogen-bond donors (Lipinski definition) is 2. The maximum absolute atomic E-state index is 12.7. The number of nitrogens with two attached hydrogens (primary N) is 1. The van der Waals surface area contributed by atoms with Crippen LogP contribution < -0.4 is 10.5 Å². The van der Waals surface area contributed by atoms with Crippen molar-refractivity contribution in [2.75, 3.05) is 12.3 Å². The Kier molecular flexibility index (Phi) is 6.40. The van der Waals surface area contributed by atoms with Gasteiger partial charge in [0.05, 0.1) is 22.6 Å². The summed E-state index contributed by atoms with van der Waals surface area (Å²) in [7, 11) is 0.